The number of alkyl halides is 3. The smallest absolute Gasteiger partial charge is 0.435 e. The summed E-state index contributed by atoms with van der Waals surface area (Å²) in [5.74, 6) is 1.48. The van der Waals surface area contributed by atoms with Crippen LogP contribution in [0.15, 0.2) is 15.4 Å². The van der Waals surface area contributed by atoms with Crippen LogP contribution in [0.5, 0.6) is 0 Å². The Kier molecular flexibility index (Phi) is 5.00. The highest BCUT2D eigenvalue weighted by Crippen LogP contribution is 2.33. The Morgan fingerprint density at radius 3 is 2.71 bits per heavy atom. The molecule has 0 spiro atoms. The first-order chi connectivity index (χ1) is 13.3. The van der Waals surface area contributed by atoms with Gasteiger partial charge >= 0.3 is 6.18 Å². The number of aromatic nitrogens is 3. The summed E-state index contributed by atoms with van der Waals surface area (Å²) in [6.45, 7) is 2.15. The van der Waals surface area contributed by atoms with Crippen molar-refractivity contribution in [1.82, 2.24) is 19.7 Å². The van der Waals surface area contributed by atoms with E-state index in [0.717, 1.165) is 17.5 Å². The lowest BCUT2D eigenvalue weighted by Gasteiger charge is -2.29. The lowest BCUT2D eigenvalue weighted by atomic mass is 9.99. The Morgan fingerprint density at radius 1 is 1.25 bits per heavy atom. The number of ether oxygens (including phenoxy) is 1. The maximum Gasteiger partial charge on any atom is 0.435 e. The molecular weight excluding hydrogens is 377 g/mol. The van der Waals surface area contributed by atoms with Gasteiger partial charge in [0.15, 0.2) is 11.6 Å². The zero-order chi connectivity index (χ0) is 19.9. The minimum absolute atomic E-state index is 0.000554. The van der Waals surface area contributed by atoms with Crippen LogP contribution < -0.4 is 5.56 Å². The zero-order valence-corrected chi connectivity index (χ0v) is 15.5. The van der Waals surface area contributed by atoms with Gasteiger partial charge in [-0.25, -0.2) is 9.67 Å². The van der Waals surface area contributed by atoms with Crippen molar-refractivity contribution in [3.05, 3.63) is 45.0 Å². The van der Waals surface area contributed by atoms with Crippen LogP contribution in [0.25, 0.3) is 0 Å². The second-order valence-electron chi connectivity index (χ2n) is 7.24. The summed E-state index contributed by atoms with van der Waals surface area (Å²) in [6.07, 6.45) is -1.04. The average molecular weight is 398 g/mol. The van der Waals surface area contributed by atoms with Crippen LogP contribution in [-0.4, -0.2) is 39.4 Å². The minimum Gasteiger partial charge on any atom is -0.444 e. The fourth-order valence-electron chi connectivity index (χ4n) is 3.84. The number of rotatable bonds is 3. The molecule has 0 radical (unpaired) electrons. The van der Waals surface area contributed by atoms with Crippen molar-refractivity contribution >= 4 is 0 Å². The van der Waals surface area contributed by atoms with Crippen LogP contribution in [0, 0.1) is 0 Å². The van der Waals surface area contributed by atoms with Gasteiger partial charge < -0.3 is 9.15 Å². The predicted molar refractivity (Wildman–Crippen MR) is 91.6 cm³/mol. The Morgan fingerprint density at radius 2 is 2.00 bits per heavy atom. The van der Waals surface area contributed by atoms with E-state index in [0.29, 0.717) is 38.0 Å². The largest absolute Gasteiger partial charge is 0.444 e. The van der Waals surface area contributed by atoms with Crippen LogP contribution in [-0.2, 0) is 37.5 Å². The van der Waals surface area contributed by atoms with Gasteiger partial charge in [-0.2, -0.15) is 18.3 Å². The Balaban J connectivity index is 1.54. The number of nitrogens with zero attached hydrogens (tertiary/aromatic N) is 4. The molecule has 1 fully saturated rings. The van der Waals surface area contributed by atoms with Gasteiger partial charge in [0.25, 0.3) is 5.56 Å². The molecule has 7 nitrogen and oxygen atoms in total. The molecule has 2 aliphatic heterocycles. The van der Waals surface area contributed by atoms with Gasteiger partial charge in [0, 0.05) is 50.4 Å². The van der Waals surface area contributed by atoms with Crippen LogP contribution in [0.1, 0.15) is 47.2 Å². The zero-order valence-electron chi connectivity index (χ0n) is 15.5. The predicted octanol–water partition coefficient (Wildman–Crippen LogP) is 2.24. The van der Waals surface area contributed by atoms with Crippen molar-refractivity contribution in [3.63, 3.8) is 0 Å². The number of oxazole rings is 1. The highest BCUT2D eigenvalue weighted by Gasteiger charge is 2.39. The molecule has 28 heavy (non-hydrogen) atoms. The third kappa shape index (κ3) is 3.70. The fraction of sp³-hybridized carbons (Fsp3) is 0.611. The van der Waals surface area contributed by atoms with Crippen LogP contribution in [0.4, 0.5) is 13.2 Å². The van der Waals surface area contributed by atoms with Gasteiger partial charge in [0.1, 0.15) is 5.76 Å². The van der Waals surface area contributed by atoms with Crippen molar-refractivity contribution in [1.29, 1.82) is 0 Å². The van der Waals surface area contributed by atoms with E-state index >= 15 is 0 Å². The molecule has 10 heteroatoms. The normalized spacial score (nSPS) is 19.0. The number of hydrogen-bond donors (Lipinski definition) is 0. The SMILES string of the molecule is Cn1nc(C(F)(F)F)c2c(c1=O)CCN(Cc1cnc(C3CCOCC3)o1)C2. The molecule has 152 valence electrons. The highest BCUT2D eigenvalue weighted by molar-refractivity contribution is 5.32. The summed E-state index contributed by atoms with van der Waals surface area (Å²) in [4.78, 5) is 18.4. The Labute approximate surface area is 159 Å². The first-order valence-electron chi connectivity index (χ1n) is 9.24. The van der Waals surface area contributed by atoms with Crippen LogP contribution >= 0.6 is 0 Å². The molecule has 0 bridgehead atoms. The van der Waals surface area contributed by atoms with Gasteiger partial charge in [-0.3, -0.25) is 9.69 Å². The molecule has 0 aliphatic carbocycles. The van der Waals surface area contributed by atoms with Crippen LogP contribution in [0.2, 0.25) is 0 Å². The summed E-state index contributed by atoms with van der Waals surface area (Å²) >= 11 is 0. The minimum atomic E-state index is -4.61. The first-order valence-corrected chi connectivity index (χ1v) is 9.24. The maximum absolute atomic E-state index is 13.4. The van der Waals surface area contributed by atoms with E-state index < -0.39 is 17.4 Å². The molecule has 2 aromatic heterocycles. The molecule has 0 amide bonds. The number of fused-ring (bicyclic) bond motifs is 1. The number of aryl methyl sites for hydroxylation is 1. The summed E-state index contributed by atoms with van der Waals surface area (Å²) in [7, 11) is 1.25. The summed E-state index contributed by atoms with van der Waals surface area (Å²) < 4.78 is 52.2. The molecule has 0 atom stereocenters. The monoisotopic (exact) mass is 398 g/mol. The van der Waals surface area contributed by atoms with Gasteiger partial charge in [-0.15, -0.1) is 0 Å². The van der Waals surface area contributed by atoms with Gasteiger partial charge in [-0.05, 0) is 19.3 Å². The molecule has 0 unspecified atom stereocenters. The average Bonchev–Trinajstić information content (AvgIpc) is 3.13. The molecule has 2 aromatic rings. The van der Waals surface area contributed by atoms with Crippen LogP contribution in [0.3, 0.4) is 0 Å². The fourth-order valence-corrected chi connectivity index (χ4v) is 3.84. The Hall–Kier alpha value is -2.20. The molecular formula is C18H21F3N4O3. The number of hydrogen-bond acceptors (Lipinski definition) is 6. The van der Waals surface area contributed by atoms with Crippen molar-refractivity contribution in [2.24, 2.45) is 7.05 Å². The van der Waals surface area contributed by atoms with Crippen molar-refractivity contribution < 1.29 is 22.3 Å². The second kappa shape index (κ2) is 7.32. The van der Waals surface area contributed by atoms with E-state index in [-0.39, 0.29) is 30.0 Å². The van der Waals surface area contributed by atoms with E-state index in [9.17, 15) is 18.0 Å². The topological polar surface area (TPSA) is 73.4 Å². The molecule has 4 heterocycles. The van der Waals surface area contributed by atoms with E-state index in [2.05, 4.69) is 10.1 Å². The van der Waals surface area contributed by atoms with Crippen molar-refractivity contribution in [2.45, 2.75) is 44.4 Å². The van der Waals surface area contributed by atoms with Gasteiger partial charge in [0.2, 0.25) is 0 Å². The molecule has 2 aliphatic rings. The van der Waals surface area contributed by atoms with Gasteiger partial charge in [0.05, 0.1) is 12.7 Å². The highest BCUT2D eigenvalue weighted by atomic mass is 19.4. The molecule has 4 rings (SSSR count). The Bertz CT molecular complexity index is 916. The molecule has 0 aromatic carbocycles. The lowest BCUT2D eigenvalue weighted by molar-refractivity contribution is -0.143. The summed E-state index contributed by atoms with van der Waals surface area (Å²) in [5.41, 5.74) is -1.30. The first kappa shape index (κ1) is 19.1. The summed E-state index contributed by atoms with van der Waals surface area (Å²) in [6, 6.07) is 0. The standard InChI is InChI=1S/C18H21F3N4O3/c1-24-17(26)13-2-5-25(10-14(13)15(23-24)18(19,20)21)9-12-8-22-16(28-12)11-3-6-27-7-4-11/h8,11H,2-7,9-10H2,1H3. The third-order valence-corrected chi connectivity index (χ3v) is 5.30. The second-order valence-corrected chi connectivity index (χ2v) is 7.24. The summed E-state index contributed by atoms with van der Waals surface area (Å²) in [5, 5.41) is 3.47. The van der Waals surface area contributed by atoms with E-state index in [4.69, 9.17) is 9.15 Å². The number of halogens is 3. The van der Waals surface area contributed by atoms with E-state index in [1.54, 1.807) is 6.20 Å². The molecule has 0 saturated carbocycles. The lowest BCUT2D eigenvalue weighted by Crippen LogP contribution is -2.39. The van der Waals surface area contributed by atoms with Crippen molar-refractivity contribution in [3.8, 4) is 0 Å². The van der Waals surface area contributed by atoms with E-state index in [1.807, 2.05) is 4.90 Å². The van der Waals surface area contributed by atoms with Crippen molar-refractivity contribution in [2.75, 3.05) is 19.8 Å². The molecule has 1 saturated heterocycles. The maximum atomic E-state index is 13.4. The third-order valence-electron chi connectivity index (χ3n) is 5.30. The molecule has 0 N–H and O–H groups in total. The van der Waals surface area contributed by atoms with E-state index in [1.165, 1.54) is 7.05 Å². The van der Waals surface area contributed by atoms with Gasteiger partial charge in [-0.1, -0.05) is 0 Å². The quantitative estimate of drug-likeness (QED) is 0.790.